The van der Waals surface area contributed by atoms with Crippen molar-refractivity contribution in [2.45, 2.75) is 52.5 Å². The zero-order valence-corrected chi connectivity index (χ0v) is 17.9. The molecule has 0 unspecified atom stereocenters. The van der Waals surface area contributed by atoms with Crippen LogP contribution in [0.2, 0.25) is 0 Å². The molecule has 0 atom stereocenters. The highest BCUT2D eigenvalue weighted by molar-refractivity contribution is 5.79. The minimum Gasteiger partial charge on any atom is -0.475 e. The van der Waals surface area contributed by atoms with Crippen LogP contribution in [0.3, 0.4) is 0 Å². The Morgan fingerprint density at radius 2 is 1.94 bits per heavy atom. The van der Waals surface area contributed by atoms with Crippen LogP contribution in [-0.2, 0) is 6.54 Å². The predicted molar refractivity (Wildman–Crippen MR) is 116 cm³/mol. The summed E-state index contributed by atoms with van der Waals surface area (Å²) < 4.78 is 10.1. The number of pyridine rings is 1. The third-order valence-electron chi connectivity index (χ3n) is 5.94. The molecule has 9 heteroatoms. The van der Waals surface area contributed by atoms with Crippen molar-refractivity contribution in [3.05, 3.63) is 41.1 Å². The third-order valence-corrected chi connectivity index (χ3v) is 5.94. The maximum Gasteiger partial charge on any atom is 0.257 e. The van der Waals surface area contributed by atoms with Gasteiger partial charge >= 0.3 is 0 Å². The highest BCUT2D eigenvalue weighted by Crippen LogP contribution is 2.48. The highest BCUT2D eigenvalue weighted by Gasteiger charge is 2.35. The highest BCUT2D eigenvalue weighted by atomic mass is 16.5. The lowest BCUT2D eigenvalue weighted by Gasteiger charge is -2.11. The lowest BCUT2D eigenvalue weighted by atomic mass is 10.2. The van der Waals surface area contributed by atoms with Crippen LogP contribution in [0.1, 0.15) is 47.8 Å². The van der Waals surface area contributed by atoms with Crippen LogP contribution in [0.4, 0.5) is 11.6 Å². The van der Waals surface area contributed by atoms with E-state index in [-0.39, 0.29) is 0 Å². The zero-order chi connectivity index (χ0) is 21.1. The zero-order valence-electron chi connectivity index (χ0n) is 17.9. The molecule has 9 nitrogen and oxygen atoms in total. The molecule has 1 N–H and O–H groups in total. The molecule has 2 aliphatic rings. The van der Waals surface area contributed by atoms with E-state index in [0.29, 0.717) is 24.4 Å². The molecule has 158 valence electrons. The minimum absolute atomic E-state index is 0.425. The number of fused-ring (bicyclic) bond motifs is 2. The van der Waals surface area contributed by atoms with Gasteiger partial charge in [-0.15, -0.1) is 5.10 Å². The molecule has 0 saturated heterocycles. The van der Waals surface area contributed by atoms with Crippen molar-refractivity contribution in [3.63, 3.8) is 0 Å². The fourth-order valence-electron chi connectivity index (χ4n) is 4.20. The van der Waals surface area contributed by atoms with Gasteiger partial charge in [0.25, 0.3) is 5.88 Å². The Morgan fingerprint density at radius 3 is 2.77 bits per heavy atom. The maximum atomic E-state index is 6.18. The first-order valence-electron chi connectivity index (χ1n) is 10.7. The van der Waals surface area contributed by atoms with E-state index in [9.17, 15) is 0 Å². The third kappa shape index (κ3) is 3.03. The van der Waals surface area contributed by atoms with Gasteiger partial charge in [-0.3, -0.25) is 4.98 Å². The number of nitrogens with zero attached hydrogens (tertiary/aromatic N) is 7. The Kier molecular flexibility index (Phi) is 3.99. The fraction of sp³-hybridized carbons (Fsp3) is 0.409. The molecule has 1 saturated carbocycles. The monoisotopic (exact) mass is 416 g/mol. The van der Waals surface area contributed by atoms with Crippen LogP contribution in [0.25, 0.3) is 16.7 Å². The van der Waals surface area contributed by atoms with Crippen molar-refractivity contribution in [2.75, 3.05) is 11.9 Å². The van der Waals surface area contributed by atoms with Gasteiger partial charge in [0.2, 0.25) is 5.95 Å². The molecular weight excluding hydrogens is 392 g/mol. The summed E-state index contributed by atoms with van der Waals surface area (Å²) in [4.78, 5) is 13.9. The van der Waals surface area contributed by atoms with Gasteiger partial charge in [-0.2, -0.15) is 10.1 Å². The lowest BCUT2D eigenvalue weighted by Crippen LogP contribution is -2.08. The molecule has 1 aliphatic heterocycles. The summed E-state index contributed by atoms with van der Waals surface area (Å²) >= 11 is 0. The van der Waals surface area contributed by atoms with Crippen molar-refractivity contribution in [1.29, 1.82) is 0 Å². The number of rotatable bonds is 2. The number of hydrogen-bond donors (Lipinski definition) is 1. The Balaban J connectivity index is 1.54. The van der Waals surface area contributed by atoms with Crippen molar-refractivity contribution in [1.82, 2.24) is 34.5 Å². The molecule has 0 spiro atoms. The standard InChI is InChI=1S/C22H24N8O/c1-12-9-17(14(3)23-10-12)30-19(15-5-6-15)18-21(28-30)31-8-4-7-29-20-16(13(2)27-29)11-24-22(25-18)26-20/h9-11,15H,4-8H2,1-3H3,(H,24,25,26). The van der Waals surface area contributed by atoms with Crippen molar-refractivity contribution in [2.24, 2.45) is 0 Å². The predicted octanol–water partition coefficient (Wildman–Crippen LogP) is 3.74. The summed E-state index contributed by atoms with van der Waals surface area (Å²) in [5.41, 5.74) is 6.77. The lowest BCUT2D eigenvalue weighted by molar-refractivity contribution is 0.288. The first kappa shape index (κ1) is 18.3. The molecule has 4 aromatic rings. The number of ether oxygens (including phenoxy) is 1. The fourth-order valence-corrected chi connectivity index (χ4v) is 4.20. The summed E-state index contributed by atoms with van der Waals surface area (Å²) in [5, 5.41) is 13.9. The van der Waals surface area contributed by atoms with Gasteiger partial charge in [0.15, 0.2) is 5.65 Å². The number of aromatic nitrogens is 7. The molecule has 2 bridgehead atoms. The van der Waals surface area contributed by atoms with Gasteiger partial charge in [-0.05, 0) is 45.2 Å². The molecule has 1 fully saturated rings. The van der Waals surface area contributed by atoms with Gasteiger partial charge in [0, 0.05) is 31.3 Å². The van der Waals surface area contributed by atoms with Crippen LogP contribution >= 0.6 is 0 Å². The summed E-state index contributed by atoms with van der Waals surface area (Å²) in [6.07, 6.45) is 6.80. The normalized spacial score (nSPS) is 16.0. The summed E-state index contributed by atoms with van der Waals surface area (Å²) in [6.45, 7) is 7.33. The van der Waals surface area contributed by atoms with E-state index in [0.717, 1.165) is 70.9 Å². The second-order valence-corrected chi connectivity index (χ2v) is 8.44. The molecule has 0 amide bonds. The molecular formula is C22H24N8O. The topological polar surface area (TPSA) is 95.6 Å². The van der Waals surface area contributed by atoms with Gasteiger partial charge in [0.1, 0.15) is 5.69 Å². The second kappa shape index (κ2) is 6.76. The molecule has 6 rings (SSSR count). The van der Waals surface area contributed by atoms with Crippen LogP contribution in [0, 0.1) is 20.8 Å². The van der Waals surface area contributed by atoms with Crippen LogP contribution in [-0.4, -0.2) is 41.1 Å². The van der Waals surface area contributed by atoms with E-state index in [4.69, 9.17) is 14.8 Å². The van der Waals surface area contributed by atoms with Crippen LogP contribution < -0.4 is 10.1 Å². The van der Waals surface area contributed by atoms with E-state index in [1.807, 2.05) is 42.5 Å². The largest absolute Gasteiger partial charge is 0.475 e. The molecule has 0 radical (unpaired) electrons. The van der Waals surface area contributed by atoms with Crippen molar-refractivity contribution >= 4 is 22.7 Å². The quantitative estimate of drug-likeness (QED) is 0.532. The van der Waals surface area contributed by atoms with Gasteiger partial charge in [-0.1, -0.05) is 0 Å². The number of anilines is 2. The molecule has 1 aliphatic carbocycles. The van der Waals surface area contributed by atoms with Crippen molar-refractivity contribution < 1.29 is 4.74 Å². The van der Waals surface area contributed by atoms with Crippen LogP contribution in [0.15, 0.2) is 18.5 Å². The summed E-state index contributed by atoms with van der Waals surface area (Å²) in [6, 6.07) is 2.13. The molecule has 4 aromatic heterocycles. The number of aryl methyl sites for hydroxylation is 4. The van der Waals surface area contributed by atoms with E-state index in [1.165, 1.54) is 0 Å². The smallest absolute Gasteiger partial charge is 0.257 e. The SMILES string of the molecule is Cc1cnc(C)c(-n2nc3c(c2C2CC2)Nc2ncc4c(C)nn(c4n2)CCCO3)c1. The summed E-state index contributed by atoms with van der Waals surface area (Å²) in [7, 11) is 0. The Hall–Kier alpha value is -3.49. The molecule has 5 heterocycles. The first-order valence-corrected chi connectivity index (χ1v) is 10.7. The minimum atomic E-state index is 0.425. The van der Waals surface area contributed by atoms with Gasteiger partial charge in [0.05, 0.1) is 34.8 Å². The van der Waals surface area contributed by atoms with Gasteiger partial charge in [-0.25, -0.2) is 14.3 Å². The van der Waals surface area contributed by atoms with Crippen LogP contribution in [0.5, 0.6) is 5.88 Å². The molecule has 31 heavy (non-hydrogen) atoms. The van der Waals surface area contributed by atoms with Crippen molar-refractivity contribution in [3.8, 4) is 11.6 Å². The first-order chi connectivity index (χ1) is 15.1. The van der Waals surface area contributed by atoms with E-state index in [2.05, 4.69) is 26.4 Å². The Labute approximate surface area is 179 Å². The van der Waals surface area contributed by atoms with E-state index >= 15 is 0 Å². The Bertz CT molecular complexity index is 1320. The average molecular weight is 416 g/mol. The molecule has 0 aromatic carbocycles. The second-order valence-electron chi connectivity index (χ2n) is 8.44. The van der Waals surface area contributed by atoms with Gasteiger partial charge < -0.3 is 10.1 Å². The van der Waals surface area contributed by atoms with E-state index in [1.54, 1.807) is 0 Å². The number of nitrogens with one attached hydrogen (secondary N) is 1. The Morgan fingerprint density at radius 1 is 1.06 bits per heavy atom. The number of hydrogen-bond acceptors (Lipinski definition) is 7. The summed E-state index contributed by atoms with van der Waals surface area (Å²) in [5.74, 6) is 1.54. The van der Waals surface area contributed by atoms with E-state index < -0.39 is 0 Å². The average Bonchev–Trinajstić information content (AvgIpc) is 3.47. The maximum absolute atomic E-state index is 6.18.